The largest absolute Gasteiger partial charge is 0.502 e. The van der Waals surface area contributed by atoms with Crippen LogP contribution >= 0.6 is 11.8 Å². The van der Waals surface area contributed by atoms with E-state index in [9.17, 15) is 14.7 Å². The smallest absolute Gasteiger partial charge is 0.278 e. The normalized spacial score (nSPS) is 19.9. The molecule has 166 valence electrons. The summed E-state index contributed by atoms with van der Waals surface area (Å²) >= 11 is 1.77. The second-order valence-corrected chi connectivity index (χ2v) is 9.19. The van der Waals surface area contributed by atoms with Gasteiger partial charge in [0.2, 0.25) is 5.43 Å². The first-order chi connectivity index (χ1) is 16.1. The lowest BCUT2D eigenvalue weighted by Gasteiger charge is -2.44. The molecule has 3 aliphatic rings. The number of carbonyl (C=O) groups excluding carboxylic acids is 1. The molecule has 0 unspecified atom stereocenters. The minimum absolute atomic E-state index is 0.0178. The molecule has 6 rings (SSSR count). The van der Waals surface area contributed by atoms with Gasteiger partial charge in [-0.05, 0) is 29.3 Å². The highest BCUT2D eigenvalue weighted by Crippen LogP contribution is 2.46. The van der Waals surface area contributed by atoms with Gasteiger partial charge in [-0.1, -0.05) is 36.4 Å². The molecular weight excluding hydrogens is 438 g/mol. The summed E-state index contributed by atoms with van der Waals surface area (Å²) in [5.74, 6) is 0.666. The van der Waals surface area contributed by atoms with Crippen LogP contribution in [0, 0.1) is 0 Å². The van der Waals surface area contributed by atoms with Crippen LogP contribution in [0.2, 0.25) is 0 Å². The number of fused-ring (bicyclic) bond motifs is 7. The first kappa shape index (κ1) is 20.0. The van der Waals surface area contributed by atoms with Crippen LogP contribution in [0.25, 0.3) is 0 Å². The summed E-state index contributed by atoms with van der Waals surface area (Å²) < 4.78 is 7.84. The number of hydrogen-bond acceptors (Lipinski definition) is 6. The lowest BCUT2D eigenvalue weighted by molar-refractivity contribution is 0.0701. The third-order valence-electron chi connectivity index (χ3n) is 6.29. The molecule has 0 radical (unpaired) electrons. The standard InChI is InChI=1S/C25H21N3O4S/c29-18-10-12-27-23(24(18)30)25(31)26-11-3-4-13-32-19-8-5-6-16-14-33-20-9-2-1-7-17(20)22(21(16)19)28(27)15-26/h1-10,12,22,30H,11,13-15H2/b4-3+/t22-/m1/s1. The molecule has 1 N–H and O–H groups in total. The van der Waals surface area contributed by atoms with Gasteiger partial charge in [-0.2, -0.15) is 0 Å². The van der Waals surface area contributed by atoms with Gasteiger partial charge in [-0.25, -0.2) is 0 Å². The lowest BCUT2D eigenvalue weighted by atomic mass is 9.93. The van der Waals surface area contributed by atoms with Gasteiger partial charge in [-0.3, -0.25) is 19.3 Å². The monoisotopic (exact) mass is 459 g/mol. The number of aromatic hydroxyl groups is 1. The van der Waals surface area contributed by atoms with Gasteiger partial charge < -0.3 is 14.7 Å². The fourth-order valence-corrected chi connectivity index (χ4v) is 5.84. The van der Waals surface area contributed by atoms with Crippen molar-refractivity contribution < 1.29 is 14.6 Å². The zero-order valence-corrected chi connectivity index (χ0v) is 18.5. The molecule has 0 aliphatic carbocycles. The Morgan fingerprint density at radius 1 is 1.03 bits per heavy atom. The maximum Gasteiger partial charge on any atom is 0.278 e. The van der Waals surface area contributed by atoms with Crippen molar-refractivity contribution in [3.8, 4) is 11.5 Å². The average molecular weight is 460 g/mol. The summed E-state index contributed by atoms with van der Waals surface area (Å²) in [5, 5.41) is 12.7. The number of nitrogens with zero attached hydrogens (tertiary/aromatic N) is 3. The van der Waals surface area contributed by atoms with E-state index in [2.05, 4.69) is 18.2 Å². The van der Waals surface area contributed by atoms with E-state index in [1.807, 2.05) is 41.4 Å². The summed E-state index contributed by atoms with van der Waals surface area (Å²) in [7, 11) is 0. The molecule has 4 heterocycles. The maximum absolute atomic E-state index is 13.3. The molecule has 1 atom stereocenters. The van der Waals surface area contributed by atoms with Crippen molar-refractivity contribution in [2.24, 2.45) is 0 Å². The number of rotatable bonds is 0. The van der Waals surface area contributed by atoms with Gasteiger partial charge in [0, 0.05) is 35.0 Å². The number of carbonyl (C=O) groups is 1. The number of amides is 1. The Hall–Kier alpha value is -3.65. The highest BCUT2D eigenvalue weighted by atomic mass is 32.2. The number of ether oxygens (including phenoxy) is 1. The van der Waals surface area contributed by atoms with E-state index in [1.165, 1.54) is 6.07 Å². The van der Waals surface area contributed by atoms with E-state index in [4.69, 9.17) is 4.74 Å². The summed E-state index contributed by atoms with van der Waals surface area (Å²) in [6, 6.07) is 15.3. The van der Waals surface area contributed by atoms with Crippen LogP contribution in [-0.2, 0) is 5.75 Å². The number of aromatic nitrogens is 1. The molecule has 0 fully saturated rings. The lowest BCUT2D eigenvalue weighted by Crippen LogP contribution is -2.55. The SMILES string of the molecule is O=C1c2c(O)c(=O)ccn2N2CN1C/C=C/COc1cccc3c1[C@H]2c1ccccc1SC3. The minimum atomic E-state index is -0.572. The van der Waals surface area contributed by atoms with Crippen LogP contribution in [0.15, 0.2) is 76.6 Å². The molecule has 3 aromatic rings. The molecule has 1 amide bonds. The molecule has 33 heavy (non-hydrogen) atoms. The van der Waals surface area contributed by atoms with Crippen molar-refractivity contribution in [2.45, 2.75) is 16.7 Å². The van der Waals surface area contributed by atoms with Crippen molar-refractivity contribution in [2.75, 3.05) is 24.8 Å². The van der Waals surface area contributed by atoms with Crippen LogP contribution < -0.4 is 15.2 Å². The van der Waals surface area contributed by atoms with Gasteiger partial charge in [-0.15, -0.1) is 11.8 Å². The fraction of sp³-hybridized carbons (Fsp3) is 0.200. The summed E-state index contributed by atoms with van der Waals surface area (Å²) in [5.41, 5.74) is 2.68. The Balaban J connectivity index is 1.68. The van der Waals surface area contributed by atoms with E-state index in [-0.39, 0.29) is 24.3 Å². The first-order valence-corrected chi connectivity index (χ1v) is 11.7. The van der Waals surface area contributed by atoms with Gasteiger partial charge in [0.1, 0.15) is 25.1 Å². The summed E-state index contributed by atoms with van der Waals surface area (Å²) in [4.78, 5) is 28.3. The van der Waals surface area contributed by atoms with Gasteiger partial charge in [0.05, 0.1) is 0 Å². The number of thioether (sulfide) groups is 1. The molecule has 2 aromatic carbocycles. The van der Waals surface area contributed by atoms with Crippen molar-refractivity contribution in [1.82, 2.24) is 9.58 Å². The van der Waals surface area contributed by atoms with Crippen molar-refractivity contribution in [3.05, 3.63) is 99.5 Å². The Bertz CT molecular complexity index is 1370. The second-order valence-electron chi connectivity index (χ2n) is 8.17. The third-order valence-corrected chi connectivity index (χ3v) is 7.43. The van der Waals surface area contributed by atoms with Crippen LogP contribution in [0.5, 0.6) is 11.5 Å². The number of pyridine rings is 1. The molecule has 1 aromatic heterocycles. The highest BCUT2D eigenvalue weighted by molar-refractivity contribution is 7.98. The Morgan fingerprint density at radius 2 is 1.91 bits per heavy atom. The van der Waals surface area contributed by atoms with E-state index in [1.54, 1.807) is 27.5 Å². The molecule has 8 heteroatoms. The van der Waals surface area contributed by atoms with Crippen LogP contribution in [0.4, 0.5) is 0 Å². The maximum atomic E-state index is 13.3. The molecule has 0 saturated carbocycles. The summed E-state index contributed by atoms with van der Waals surface area (Å²) in [6.45, 7) is 1.01. The second kappa shape index (κ2) is 7.74. The van der Waals surface area contributed by atoms with E-state index in [0.29, 0.717) is 13.2 Å². The van der Waals surface area contributed by atoms with Crippen LogP contribution in [-0.4, -0.2) is 40.4 Å². The quantitative estimate of drug-likeness (QED) is 0.521. The van der Waals surface area contributed by atoms with Crippen molar-refractivity contribution in [1.29, 1.82) is 0 Å². The van der Waals surface area contributed by atoms with Crippen LogP contribution in [0.1, 0.15) is 33.2 Å². The topological polar surface area (TPSA) is 75.0 Å². The molecule has 7 nitrogen and oxygen atoms in total. The average Bonchev–Trinajstić information content (AvgIpc) is 3.01. The molecule has 0 spiro atoms. The fourth-order valence-electron chi connectivity index (χ4n) is 4.75. The third kappa shape index (κ3) is 3.13. The number of benzene rings is 2. The Morgan fingerprint density at radius 3 is 2.82 bits per heavy atom. The van der Waals surface area contributed by atoms with Gasteiger partial charge in [0.25, 0.3) is 5.91 Å². The van der Waals surface area contributed by atoms with Crippen LogP contribution in [0.3, 0.4) is 0 Å². The van der Waals surface area contributed by atoms with Gasteiger partial charge in [0.15, 0.2) is 11.4 Å². The van der Waals surface area contributed by atoms with Gasteiger partial charge >= 0.3 is 0 Å². The first-order valence-electron chi connectivity index (χ1n) is 10.8. The molecule has 0 saturated heterocycles. The molecule has 2 bridgehead atoms. The highest BCUT2D eigenvalue weighted by Gasteiger charge is 2.39. The van der Waals surface area contributed by atoms with Crippen molar-refractivity contribution >= 4 is 17.7 Å². The van der Waals surface area contributed by atoms with E-state index in [0.717, 1.165) is 33.1 Å². The molecule has 3 aliphatic heterocycles. The van der Waals surface area contributed by atoms with Crippen molar-refractivity contribution in [3.63, 3.8) is 0 Å². The van der Waals surface area contributed by atoms with E-state index < -0.39 is 11.2 Å². The predicted octanol–water partition coefficient (Wildman–Crippen LogP) is 3.25. The number of hydrogen-bond donors (Lipinski definition) is 1. The minimum Gasteiger partial charge on any atom is -0.502 e. The predicted molar refractivity (Wildman–Crippen MR) is 125 cm³/mol. The Kier molecular flexibility index (Phi) is 4.69. The zero-order chi connectivity index (χ0) is 22.5. The zero-order valence-electron chi connectivity index (χ0n) is 17.7. The molecular formula is C25H21N3O4S. The summed E-state index contributed by atoms with van der Waals surface area (Å²) in [6.07, 6.45) is 5.35. The Labute approximate surface area is 194 Å². The van der Waals surface area contributed by atoms with E-state index >= 15 is 0 Å².